The zero-order valence-corrected chi connectivity index (χ0v) is 14.6. The van der Waals surface area contributed by atoms with Crippen molar-refractivity contribution in [3.05, 3.63) is 48.4 Å². The normalized spacial score (nSPS) is 21.2. The lowest BCUT2D eigenvalue weighted by molar-refractivity contribution is 0.286. The molecule has 4 heteroatoms. The van der Waals surface area contributed by atoms with Crippen LogP contribution >= 0.6 is 0 Å². The van der Waals surface area contributed by atoms with Gasteiger partial charge in [0.15, 0.2) is 0 Å². The lowest BCUT2D eigenvalue weighted by Crippen LogP contribution is -2.17. The minimum Gasteiger partial charge on any atom is -0.496 e. The summed E-state index contributed by atoms with van der Waals surface area (Å²) in [6.07, 6.45) is 14.7. The van der Waals surface area contributed by atoms with Gasteiger partial charge in [-0.3, -0.25) is 0 Å². The van der Waals surface area contributed by atoms with Crippen LogP contribution in [0.25, 0.3) is 17.0 Å². The van der Waals surface area contributed by atoms with Crippen molar-refractivity contribution >= 4 is 5.57 Å². The van der Waals surface area contributed by atoms with Crippen LogP contribution in [0.5, 0.6) is 5.75 Å². The van der Waals surface area contributed by atoms with Crippen molar-refractivity contribution in [2.24, 2.45) is 11.8 Å². The van der Waals surface area contributed by atoms with Crippen molar-refractivity contribution in [2.45, 2.75) is 38.5 Å². The second-order valence-corrected chi connectivity index (χ2v) is 6.94. The molecular formula is C21H24N2O2. The number of hydrogen-bond acceptors (Lipinski definition) is 4. The minimum absolute atomic E-state index is 0.566. The Kier molecular flexibility index (Phi) is 4.68. The Hall–Kier alpha value is -2.36. The average Bonchev–Trinajstić information content (AvgIpc) is 3.19. The van der Waals surface area contributed by atoms with Crippen LogP contribution in [0.15, 0.2) is 47.0 Å². The van der Waals surface area contributed by atoms with Crippen molar-refractivity contribution in [1.29, 1.82) is 0 Å². The fourth-order valence-electron chi connectivity index (χ4n) is 3.99. The van der Waals surface area contributed by atoms with Crippen molar-refractivity contribution in [2.75, 3.05) is 7.11 Å². The van der Waals surface area contributed by atoms with E-state index in [1.165, 1.54) is 32.1 Å². The predicted molar refractivity (Wildman–Crippen MR) is 98.1 cm³/mol. The Balaban J connectivity index is 1.49. The van der Waals surface area contributed by atoms with Crippen molar-refractivity contribution in [3.63, 3.8) is 0 Å². The Morgan fingerprint density at radius 3 is 2.72 bits per heavy atom. The molecule has 1 aromatic heterocycles. The number of para-hydroxylation sites is 1. The lowest BCUT2D eigenvalue weighted by Gasteiger charge is -2.29. The Labute approximate surface area is 148 Å². The van der Waals surface area contributed by atoms with E-state index in [1.54, 1.807) is 7.11 Å². The van der Waals surface area contributed by atoms with Gasteiger partial charge in [0.2, 0.25) is 5.82 Å². The summed E-state index contributed by atoms with van der Waals surface area (Å²) in [4.78, 5) is 4.57. The predicted octanol–water partition coefficient (Wildman–Crippen LogP) is 5.29. The quantitative estimate of drug-likeness (QED) is 0.761. The molecule has 130 valence electrons. The van der Waals surface area contributed by atoms with Gasteiger partial charge in [-0.25, -0.2) is 0 Å². The molecule has 0 saturated heterocycles. The molecule has 0 spiro atoms. The third kappa shape index (κ3) is 3.39. The summed E-state index contributed by atoms with van der Waals surface area (Å²) in [5.74, 6) is 3.41. The third-order valence-corrected chi connectivity index (χ3v) is 5.41. The highest BCUT2D eigenvalue weighted by Gasteiger charge is 2.24. The largest absolute Gasteiger partial charge is 0.496 e. The molecule has 25 heavy (non-hydrogen) atoms. The standard InChI is InChI=1S/C21H24N2O2/c1-24-19-10-6-5-9-18(19)20-22-21(25-23-20)17-13-11-16(12-14-17)15-7-3-2-4-8-15/h5-6,9-11,13-16H,2-4,7-8,12H2,1H3. The first-order valence-corrected chi connectivity index (χ1v) is 9.21. The fourth-order valence-corrected chi connectivity index (χ4v) is 3.99. The third-order valence-electron chi connectivity index (χ3n) is 5.41. The highest BCUT2D eigenvalue weighted by Crippen LogP contribution is 2.36. The molecule has 1 aromatic carbocycles. The molecule has 2 aliphatic rings. The zero-order valence-electron chi connectivity index (χ0n) is 14.6. The minimum atomic E-state index is 0.566. The summed E-state index contributed by atoms with van der Waals surface area (Å²) in [5.41, 5.74) is 1.88. The van der Waals surface area contributed by atoms with Gasteiger partial charge < -0.3 is 9.26 Å². The number of ether oxygens (including phenoxy) is 1. The molecule has 0 radical (unpaired) electrons. The molecule has 2 aromatic rings. The number of rotatable bonds is 4. The molecule has 0 bridgehead atoms. The van der Waals surface area contributed by atoms with Gasteiger partial charge in [-0.05, 0) is 43.2 Å². The van der Waals surface area contributed by atoms with E-state index < -0.39 is 0 Å². The monoisotopic (exact) mass is 336 g/mol. The van der Waals surface area contributed by atoms with Crippen LogP contribution in [0.2, 0.25) is 0 Å². The van der Waals surface area contributed by atoms with Crippen LogP contribution in [-0.4, -0.2) is 17.3 Å². The lowest BCUT2D eigenvalue weighted by atomic mass is 9.77. The van der Waals surface area contributed by atoms with E-state index in [-0.39, 0.29) is 0 Å². The van der Waals surface area contributed by atoms with Crippen LogP contribution in [0.4, 0.5) is 0 Å². The SMILES string of the molecule is COc1ccccc1-c1noc(C2=CCC(C3CCCCC3)C=C2)n1. The van der Waals surface area contributed by atoms with Crippen molar-refractivity contribution in [3.8, 4) is 17.1 Å². The van der Waals surface area contributed by atoms with Crippen molar-refractivity contribution < 1.29 is 9.26 Å². The molecule has 1 heterocycles. The molecule has 0 N–H and O–H groups in total. The Morgan fingerprint density at radius 2 is 1.96 bits per heavy atom. The molecule has 1 saturated carbocycles. The van der Waals surface area contributed by atoms with Gasteiger partial charge in [0.05, 0.1) is 12.7 Å². The molecule has 0 amide bonds. The van der Waals surface area contributed by atoms with Gasteiger partial charge in [0.1, 0.15) is 5.75 Å². The average molecular weight is 336 g/mol. The first-order chi connectivity index (χ1) is 12.3. The summed E-state index contributed by atoms with van der Waals surface area (Å²) in [6, 6.07) is 7.72. The van der Waals surface area contributed by atoms with Gasteiger partial charge in [-0.15, -0.1) is 0 Å². The molecular weight excluding hydrogens is 312 g/mol. The Morgan fingerprint density at radius 1 is 1.12 bits per heavy atom. The van der Waals surface area contributed by atoms with Gasteiger partial charge in [0, 0.05) is 5.57 Å². The topological polar surface area (TPSA) is 48.2 Å². The van der Waals surface area contributed by atoms with E-state index >= 15 is 0 Å². The molecule has 1 atom stereocenters. The zero-order chi connectivity index (χ0) is 17.1. The summed E-state index contributed by atoms with van der Waals surface area (Å²) >= 11 is 0. The van der Waals surface area contributed by atoms with Crippen LogP contribution in [0, 0.1) is 11.8 Å². The number of methoxy groups -OCH3 is 1. The molecule has 1 unspecified atom stereocenters. The van der Waals surface area contributed by atoms with E-state index in [2.05, 4.69) is 28.4 Å². The van der Waals surface area contributed by atoms with Gasteiger partial charge in [0.25, 0.3) is 5.89 Å². The molecule has 4 nitrogen and oxygen atoms in total. The molecule has 2 aliphatic carbocycles. The van der Waals surface area contributed by atoms with E-state index in [0.717, 1.165) is 29.2 Å². The summed E-state index contributed by atoms with van der Waals surface area (Å²) in [7, 11) is 1.65. The maximum Gasteiger partial charge on any atom is 0.257 e. The number of hydrogen-bond donors (Lipinski definition) is 0. The molecule has 0 aliphatic heterocycles. The highest BCUT2D eigenvalue weighted by molar-refractivity contribution is 5.71. The number of aromatic nitrogens is 2. The summed E-state index contributed by atoms with van der Waals surface area (Å²) in [5, 5.41) is 4.14. The maximum absolute atomic E-state index is 5.50. The van der Waals surface area contributed by atoms with Crippen LogP contribution < -0.4 is 4.74 Å². The number of nitrogens with zero attached hydrogens (tertiary/aromatic N) is 2. The molecule has 1 fully saturated rings. The maximum atomic E-state index is 5.50. The smallest absolute Gasteiger partial charge is 0.257 e. The fraction of sp³-hybridized carbons (Fsp3) is 0.429. The molecule has 4 rings (SSSR count). The first-order valence-electron chi connectivity index (χ1n) is 9.21. The van der Waals surface area contributed by atoms with Crippen LogP contribution in [0.3, 0.4) is 0 Å². The first kappa shape index (κ1) is 16.1. The highest BCUT2D eigenvalue weighted by atomic mass is 16.5. The van der Waals surface area contributed by atoms with Crippen LogP contribution in [0.1, 0.15) is 44.4 Å². The van der Waals surface area contributed by atoms with Gasteiger partial charge in [-0.1, -0.05) is 54.8 Å². The van der Waals surface area contributed by atoms with Gasteiger partial charge >= 0.3 is 0 Å². The second kappa shape index (κ2) is 7.26. The second-order valence-electron chi connectivity index (χ2n) is 6.94. The van der Waals surface area contributed by atoms with E-state index in [9.17, 15) is 0 Å². The summed E-state index contributed by atoms with van der Waals surface area (Å²) < 4.78 is 10.9. The van der Waals surface area contributed by atoms with Crippen LogP contribution in [-0.2, 0) is 0 Å². The van der Waals surface area contributed by atoms with E-state index in [4.69, 9.17) is 9.26 Å². The summed E-state index contributed by atoms with van der Waals surface area (Å²) in [6.45, 7) is 0. The van der Waals surface area contributed by atoms with E-state index in [1.807, 2.05) is 24.3 Å². The van der Waals surface area contributed by atoms with Crippen molar-refractivity contribution in [1.82, 2.24) is 10.1 Å². The van der Waals surface area contributed by atoms with E-state index in [0.29, 0.717) is 17.6 Å². The number of benzene rings is 1. The number of allylic oxidation sites excluding steroid dienone is 4. The Bertz CT molecular complexity index is 785. The van der Waals surface area contributed by atoms with Gasteiger partial charge in [-0.2, -0.15) is 4.98 Å².